The lowest BCUT2D eigenvalue weighted by Crippen LogP contribution is -1.93. The Balaban J connectivity index is 2.79. The summed E-state index contributed by atoms with van der Waals surface area (Å²) in [5.74, 6) is -0.447. The largest absolute Gasteiger partial charge is 0.333 e. The van der Waals surface area contributed by atoms with Gasteiger partial charge in [-0.25, -0.2) is 11.0 Å². The number of halogens is 1. The Hall–Kier alpha value is -2.46. The summed E-state index contributed by atoms with van der Waals surface area (Å²) < 4.78 is 13.3. The van der Waals surface area contributed by atoms with E-state index in [0.29, 0.717) is 16.3 Å². The number of aromatic nitrogens is 1. The van der Waals surface area contributed by atoms with Crippen LogP contribution in [0.2, 0.25) is 0 Å². The van der Waals surface area contributed by atoms with Crippen molar-refractivity contribution in [3.8, 4) is 6.07 Å². The van der Waals surface area contributed by atoms with Gasteiger partial charge in [-0.05, 0) is 23.6 Å². The Morgan fingerprint density at radius 2 is 2.31 bits per heavy atom. The van der Waals surface area contributed by atoms with Crippen LogP contribution in [0, 0.1) is 23.7 Å². The van der Waals surface area contributed by atoms with E-state index in [0.717, 1.165) is 0 Å². The molecule has 0 bridgehead atoms. The average molecular weight is 211 g/mol. The first-order chi connectivity index (χ1) is 7.76. The van der Waals surface area contributed by atoms with Gasteiger partial charge in [0, 0.05) is 17.8 Å². The van der Waals surface area contributed by atoms with Crippen LogP contribution in [0.25, 0.3) is 15.6 Å². The van der Waals surface area contributed by atoms with E-state index in [1.165, 1.54) is 12.1 Å². The molecule has 1 atom stereocenters. The monoisotopic (exact) mass is 211 g/mol. The highest BCUT2D eigenvalue weighted by molar-refractivity contribution is 5.85. The Bertz CT molecular complexity index is 608. The van der Waals surface area contributed by atoms with Gasteiger partial charge in [0.2, 0.25) is 0 Å². The molecule has 2 aromatic rings. The molecule has 0 N–H and O–H groups in total. The lowest BCUT2D eigenvalue weighted by molar-refractivity contribution is 0.627. The van der Waals surface area contributed by atoms with Crippen molar-refractivity contribution >= 4 is 10.8 Å². The molecule has 0 saturated heterocycles. The minimum atomic E-state index is -0.984. The van der Waals surface area contributed by atoms with Gasteiger partial charge < -0.3 is 0 Å². The van der Waals surface area contributed by atoms with E-state index >= 15 is 0 Å². The van der Waals surface area contributed by atoms with E-state index < -0.39 is 11.9 Å². The number of hydrogen-bond donors (Lipinski definition) is 0. The summed E-state index contributed by atoms with van der Waals surface area (Å²) in [7, 11) is 0. The lowest BCUT2D eigenvalue weighted by Gasteiger charge is -2.03. The van der Waals surface area contributed by atoms with Crippen molar-refractivity contribution in [3.63, 3.8) is 0 Å². The quantitative estimate of drug-likeness (QED) is 0.680. The standard InChI is InChI=1S/C12H6FN3/c1-15-12(6-14)10-5-9(13)4-8-2-3-16-7-11(8)10/h2-5,7,12H. The van der Waals surface area contributed by atoms with Gasteiger partial charge in [0.15, 0.2) is 6.07 Å². The van der Waals surface area contributed by atoms with Crippen molar-refractivity contribution in [3.05, 3.63) is 53.4 Å². The summed E-state index contributed by atoms with van der Waals surface area (Å²) in [5.41, 5.74) is 0.376. The minimum absolute atomic E-state index is 0.376. The first-order valence-corrected chi connectivity index (χ1v) is 4.55. The highest BCUT2D eigenvalue weighted by atomic mass is 19.1. The van der Waals surface area contributed by atoms with E-state index in [1.807, 2.05) is 6.07 Å². The van der Waals surface area contributed by atoms with Crippen molar-refractivity contribution in [1.29, 1.82) is 5.26 Å². The highest BCUT2D eigenvalue weighted by Gasteiger charge is 2.18. The van der Waals surface area contributed by atoms with Crippen LogP contribution in [-0.4, -0.2) is 4.98 Å². The minimum Gasteiger partial charge on any atom is -0.292 e. The number of benzene rings is 1. The van der Waals surface area contributed by atoms with Crippen molar-refractivity contribution in [1.82, 2.24) is 4.98 Å². The summed E-state index contributed by atoms with van der Waals surface area (Å²) in [5, 5.41) is 10.1. The fraction of sp³-hybridized carbons (Fsp3) is 0.0833. The Morgan fingerprint density at radius 1 is 1.50 bits per heavy atom. The molecule has 4 heteroatoms. The van der Waals surface area contributed by atoms with Crippen LogP contribution in [0.1, 0.15) is 11.6 Å². The molecule has 3 nitrogen and oxygen atoms in total. The summed E-state index contributed by atoms with van der Waals surface area (Å²) in [6, 6.07) is 5.09. The average Bonchev–Trinajstić information content (AvgIpc) is 2.30. The third-order valence-corrected chi connectivity index (χ3v) is 2.30. The molecule has 1 unspecified atom stereocenters. The number of rotatable bonds is 1. The van der Waals surface area contributed by atoms with Crippen molar-refractivity contribution in [2.24, 2.45) is 0 Å². The fourth-order valence-electron chi connectivity index (χ4n) is 1.58. The summed E-state index contributed by atoms with van der Waals surface area (Å²) in [6.45, 7) is 6.90. The first kappa shape index (κ1) is 10.1. The van der Waals surface area contributed by atoms with Crippen molar-refractivity contribution in [2.45, 2.75) is 6.04 Å². The second kappa shape index (κ2) is 3.96. The van der Waals surface area contributed by atoms with Crippen molar-refractivity contribution in [2.75, 3.05) is 0 Å². The molecule has 16 heavy (non-hydrogen) atoms. The van der Waals surface area contributed by atoms with E-state index in [2.05, 4.69) is 9.83 Å². The third-order valence-electron chi connectivity index (χ3n) is 2.30. The van der Waals surface area contributed by atoms with Gasteiger partial charge in [-0.15, -0.1) is 0 Å². The molecule has 0 fully saturated rings. The molecule has 0 aliphatic carbocycles. The Labute approximate surface area is 91.6 Å². The van der Waals surface area contributed by atoms with E-state index in [-0.39, 0.29) is 0 Å². The van der Waals surface area contributed by atoms with Crippen LogP contribution in [-0.2, 0) is 0 Å². The van der Waals surface area contributed by atoms with Crippen LogP contribution in [0.15, 0.2) is 30.6 Å². The van der Waals surface area contributed by atoms with Gasteiger partial charge in [0.25, 0.3) is 0 Å². The Kier molecular flexibility index (Phi) is 2.49. The van der Waals surface area contributed by atoms with Crippen LogP contribution in [0.5, 0.6) is 0 Å². The lowest BCUT2D eigenvalue weighted by atomic mass is 10.0. The van der Waals surface area contributed by atoms with Crippen molar-refractivity contribution < 1.29 is 4.39 Å². The zero-order chi connectivity index (χ0) is 11.5. The second-order valence-electron chi connectivity index (χ2n) is 3.25. The molecule has 0 aliphatic heterocycles. The normalized spacial score (nSPS) is 11.7. The number of fused-ring (bicyclic) bond motifs is 1. The van der Waals surface area contributed by atoms with Crippen LogP contribution in [0.4, 0.5) is 4.39 Å². The first-order valence-electron chi connectivity index (χ1n) is 4.55. The molecule has 0 saturated carbocycles. The summed E-state index contributed by atoms with van der Waals surface area (Å²) in [6.07, 6.45) is 3.09. The highest BCUT2D eigenvalue weighted by Crippen LogP contribution is 2.26. The maximum atomic E-state index is 13.3. The molecule has 0 radical (unpaired) electrons. The maximum absolute atomic E-state index is 13.3. The smallest absolute Gasteiger partial charge is 0.292 e. The summed E-state index contributed by atoms with van der Waals surface area (Å²) >= 11 is 0. The van der Waals surface area contributed by atoms with Crippen LogP contribution in [0.3, 0.4) is 0 Å². The van der Waals surface area contributed by atoms with Gasteiger partial charge in [0.05, 0.1) is 5.56 Å². The molecule has 0 spiro atoms. The molecule has 1 aromatic heterocycles. The van der Waals surface area contributed by atoms with E-state index in [4.69, 9.17) is 11.8 Å². The molecule has 0 amide bonds. The molecular weight excluding hydrogens is 205 g/mol. The van der Waals surface area contributed by atoms with Gasteiger partial charge in [-0.1, -0.05) is 0 Å². The predicted molar refractivity (Wildman–Crippen MR) is 56.7 cm³/mol. The SMILES string of the molecule is [C-]#[N+]C(C#N)c1cc(F)cc2ccncc12. The molecule has 2 rings (SSSR count). The molecule has 76 valence electrons. The second-order valence-corrected chi connectivity index (χ2v) is 3.25. The number of hydrogen-bond acceptors (Lipinski definition) is 2. The van der Waals surface area contributed by atoms with Gasteiger partial charge in [0.1, 0.15) is 5.82 Å². The van der Waals surface area contributed by atoms with E-state index in [1.54, 1.807) is 18.5 Å². The molecular formula is C12H6FN3. The summed E-state index contributed by atoms with van der Waals surface area (Å²) in [4.78, 5) is 7.08. The van der Waals surface area contributed by atoms with Crippen LogP contribution >= 0.6 is 0 Å². The van der Waals surface area contributed by atoms with Crippen LogP contribution < -0.4 is 0 Å². The zero-order valence-corrected chi connectivity index (χ0v) is 8.18. The topological polar surface area (TPSA) is 41.0 Å². The number of nitrogens with zero attached hydrogens (tertiary/aromatic N) is 3. The Morgan fingerprint density at radius 3 is 3.00 bits per heavy atom. The fourth-order valence-corrected chi connectivity index (χ4v) is 1.58. The maximum Gasteiger partial charge on any atom is 0.333 e. The predicted octanol–water partition coefficient (Wildman–Crippen LogP) is 2.86. The van der Waals surface area contributed by atoms with Gasteiger partial charge in [-0.2, -0.15) is 5.26 Å². The number of nitriles is 1. The number of pyridine rings is 1. The van der Waals surface area contributed by atoms with E-state index in [9.17, 15) is 4.39 Å². The molecule has 0 aliphatic rings. The van der Waals surface area contributed by atoms with Gasteiger partial charge in [-0.3, -0.25) is 9.83 Å². The molecule has 1 heterocycles. The molecule has 1 aromatic carbocycles. The third kappa shape index (κ3) is 1.57. The zero-order valence-electron chi connectivity index (χ0n) is 8.18. The van der Waals surface area contributed by atoms with Gasteiger partial charge >= 0.3 is 6.04 Å².